The Hall–Kier alpha value is -4.33. The molecular formula is C19H15N7O3. The number of non-ortho nitro benzene ring substituents is 1. The normalized spacial score (nSPS) is 10.1. The monoisotopic (exact) mass is 389 g/mol. The first-order valence-corrected chi connectivity index (χ1v) is 8.41. The summed E-state index contributed by atoms with van der Waals surface area (Å²) in [5, 5.41) is 55.2. The molecule has 29 heavy (non-hydrogen) atoms. The number of aliphatic hydroxyl groups is 1. The van der Waals surface area contributed by atoms with Crippen LogP contribution in [-0.2, 0) is 0 Å². The zero-order valence-electron chi connectivity index (χ0n) is 15.2. The molecule has 0 aromatic heterocycles. The van der Waals surface area contributed by atoms with Gasteiger partial charge in [0.2, 0.25) is 0 Å². The van der Waals surface area contributed by atoms with Crippen LogP contribution in [0.5, 0.6) is 0 Å². The molecule has 0 saturated heterocycles. The van der Waals surface area contributed by atoms with E-state index in [1.165, 1.54) is 0 Å². The second kappa shape index (κ2) is 10.1. The molecular weight excluding hydrogens is 374 g/mol. The van der Waals surface area contributed by atoms with E-state index in [1.54, 1.807) is 36.4 Å². The van der Waals surface area contributed by atoms with Gasteiger partial charge >= 0.3 is 0 Å². The van der Waals surface area contributed by atoms with E-state index in [4.69, 9.17) is 10.4 Å². The maximum atomic E-state index is 10.9. The number of rotatable bonds is 8. The lowest BCUT2D eigenvalue weighted by Gasteiger charge is -2.22. The van der Waals surface area contributed by atoms with E-state index in [-0.39, 0.29) is 29.1 Å². The minimum atomic E-state index is -0.689. The van der Waals surface area contributed by atoms with Crippen LogP contribution in [0.15, 0.2) is 46.6 Å². The zero-order valence-corrected chi connectivity index (χ0v) is 15.2. The van der Waals surface area contributed by atoms with Gasteiger partial charge in [-0.2, -0.15) is 20.9 Å². The Morgan fingerprint density at radius 3 is 2.14 bits per heavy atom. The van der Waals surface area contributed by atoms with Gasteiger partial charge in [-0.1, -0.05) is 0 Å². The second-order valence-corrected chi connectivity index (χ2v) is 5.71. The number of hydrogen-bond donors (Lipinski definition) is 1. The average Bonchev–Trinajstić information content (AvgIpc) is 2.74. The number of anilines is 1. The molecule has 2 aromatic carbocycles. The molecule has 0 fully saturated rings. The average molecular weight is 389 g/mol. The summed E-state index contributed by atoms with van der Waals surface area (Å²) in [5.74, 6) is 0. The SMILES string of the molecule is N#CCCN(CCO)c1ccc(N=Nc2c(C#N)cc([N+](=O)[O-])cc2C#N)cc1. The minimum Gasteiger partial charge on any atom is -0.395 e. The van der Waals surface area contributed by atoms with Gasteiger partial charge in [-0.05, 0) is 24.3 Å². The molecule has 1 N–H and O–H groups in total. The number of nitriles is 3. The highest BCUT2D eigenvalue weighted by atomic mass is 16.6. The van der Waals surface area contributed by atoms with E-state index < -0.39 is 4.92 Å². The first kappa shape index (κ1) is 21.0. The number of azo groups is 1. The number of nitro groups is 1. The summed E-state index contributed by atoms with van der Waals surface area (Å²) in [6, 6.07) is 14.5. The van der Waals surface area contributed by atoms with Gasteiger partial charge in [0.05, 0.1) is 40.8 Å². The Labute approximate surface area is 166 Å². The number of benzene rings is 2. The summed E-state index contributed by atoms with van der Waals surface area (Å²) >= 11 is 0. The van der Waals surface area contributed by atoms with E-state index in [0.29, 0.717) is 25.2 Å². The molecule has 0 aliphatic carbocycles. The molecule has 0 heterocycles. The summed E-state index contributed by atoms with van der Waals surface area (Å²) < 4.78 is 0. The smallest absolute Gasteiger partial charge is 0.272 e. The van der Waals surface area contributed by atoms with E-state index in [2.05, 4.69) is 16.3 Å². The van der Waals surface area contributed by atoms with E-state index in [9.17, 15) is 20.6 Å². The van der Waals surface area contributed by atoms with Gasteiger partial charge in [0, 0.05) is 30.9 Å². The fourth-order valence-corrected chi connectivity index (χ4v) is 2.52. The maximum absolute atomic E-state index is 10.9. The lowest BCUT2D eigenvalue weighted by Crippen LogP contribution is -2.27. The Kier molecular flexibility index (Phi) is 7.32. The second-order valence-electron chi connectivity index (χ2n) is 5.71. The van der Waals surface area contributed by atoms with Crippen molar-refractivity contribution in [2.24, 2.45) is 10.2 Å². The van der Waals surface area contributed by atoms with E-state index in [0.717, 1.165) is 17.8 Å². The lowest BCUT2D eigenvalue weighted by atomic mass is 10.1. The molecule has 0 amide bonds. The molecule has 0 radical (unpaired) electrons. The third-order valence-electron chi connectivity index (χ3n) is 3.89. The Morgan fingerprint density at radius 2 is 1.66 bits per heavy atom. The van der Waals surface area contributed by atoms with Crippen LogP contribution in [0.2, 0.25) is 0 Å². The van der Waals surface area contributed by atoms with Gasteiger partial charge in [-0.25, -0.2) is 0 Å². The van der Waals surface area contributed by atoms with Crippen molar-refractivity contribution in [1.29, 1.82) is 15.8 Å². The molecule has 2 rings (SSSR count). The van der Waals surface area contributed by atoms with Crippen LogP contribution in [0.1, 0.15) is 17.5 Å². The van der Waals surface area contributed by atoms with Gasteiger partial charge in [0.1, 0.15) is 17.8 Å². The summed E-state index contributed by atoms with van der Waals surface area (Å²) in [5.41, 5.74) is 0.565. The lowest BCUT2D eigenvalue weighted by molar-refractivity contribution is -0.384. The van der Waals surface area contributed by atoms with Gasteiger partial charge in [-0.15, -0.1) is 5.11 Å². The number of nitrogens with zero attached hydrogens (tertiary/aromatic N) is 7. The number of hydrogen-bond acceptors (Lipinski definition) is 9. The highest BCUT2D eigenvalue weighted by molar-refractivity contribution is 5.67. The van der Waals surface area contributed by atoms with Gasteiger partial charge in [0.15, 0.2) is 0 Å². The molecule has 0 saturated carbocycles. The number of nitro benzene ring substituents is 1. The van der Waals surface area contributed by atoms with Crippen molar-refractivity contribution in [3.63, 3.8) is 0 Å². The third kappa shape index (κ3) is 5.33. The number of aliphatic hydroxyl groups excluding tert-OH is 1. The van der Waals surface area contributed by atoms with Crippen LogP contribution in [-0.4, -0.2) is 29.7 Å². The Morgan fingerprint density at radius 1 is 1.03 bits per heavy atom. The van der Waals surface area contributed by atoms with Crippen molar-refractivity contribution in [2.75, 3.05) is 24.6 Å². The summed E-state index contributed by atoms with van der Waals surface area (Å²) in [7, 11) is 0. The maximum Gasteiger partial charge on any atom is 0.272 e. The fraction of sp³-hybridized carbons (Fsp3) is 0.211. The van der Waals surface area contributed by atoms with Crippen LogP contribution in [0, 0.1) is 44.1 Å². The molecule has 0 unspecified atom stereocenters. The van der Waals surface area contributed by atoms with Crippen molar-refractivity contribution >= 4 is 22.7 Å². The molecule has 0 spiro atoms. The minimum absolute atomic E-state index is 0.0411. The zero-order chi connectivity index (χ0) is 21.2. The predicted octanol–water partition coefficient (Wildman–Crippen LogP) is 3.47. The molecule has 10 nitrogen and oxygen atoms in total. The molecule has 0 aliphatic rings. The van der Waals surface area contributed by atoms with Crippen LogP contribution in [0.3, 0.4) is 0 Å². The highest BCUT2D eigenvalue weighted by Crippen LogP contribution is 2.31. The molecule has 0 atom stereocenters. The third-order valence-corrected chi connectivity index (χ3v) is 3.89. The standard InChI is InChI=1S/C19H15N7O3/c20-6-1-7-25(8-9-27)17-4-2-16(3-5-17)23-24-19-14(12-21)10-18(26(28)29)11-15(19)13-22/h2-5,10-11,27H,1,7-9H2. The Bertz CT molecular complexity index is 1010. The summed E-state index contributed by atoms with van der Waals surface area (Å²) in [4.78, 5) is 12.1. The first-order chi connectivity index (χ1) is 14.0. The van der Waals surface area contributed by atoms with Crippen LogP contribution < -0.4 is 4.90 Å². The van der Waals surface area contributed by atoms with Gasteiger partial charge < -0.3 is 10.0 Å². The molecule has 0 bridgehead atoms. The van der Waals surface area contributed by atoms with Crippen molar-refractivity contribution in [2.45, 2.75) is 6.42 Å². The summed E-state index contributed by atoms with van der Waals surface area (Å²) in [6.07, 6.45) is 0.315. The molecule has 0 aliphatic heterocycles. The quantitative estimate of drug-likeness (QED) is 0.410. The van der Waals surface area contributed by atoms with Crippen molar-refractivity contribution in [1.82, 2.24) is 0 Å². The first-order valence-electron chi connectivity index (χ1n) is 8.41. The Balaban J connectivity index is 2.31. The van der Waals surface area contributed by atoms with Gasteiger partial charge in [-0.3, -0.25) is 10.1 Å². The topological polar surface area (TPSA) is 163 Å². The summed E-state index contributed by atoms with van der Waals surface area (Å²) in [6.45, 7) is 0.793. The van der Waals surface area contributed by atoms with E-state index >= 15 is 0 Å². The van der Waals surface area contributed by atoms with Crippen molar-refractivity contribution in [3.8, 4) is 18.2 Å². The van der Waals surface area contributed by atoms with Crippen molar-refractivity contribution < 1.29 is 10.0 Å². The molecule has 2 aromatic rings. The van der Waals surface area contributed by atoms with Crippen LogP contribution >= 0.6 is 0 Å². The highest BCUT2D eigenvalue weighted by Gasteiger charge is 2.16. The van der Waals surface area contributed by atoms with Crippen LogP contribution in [0.4, 0.5) is 22.7 Å². The molecule has 144 valence electrons. The van der Waals surface area contributed by atoms with Crippen LogP contribution in [0.25, 0.3) is 0 Å². The van der Waals surface area contributed by atoms with E-state index in [1.807, 2.05) is 4.90 Å². The fourth-order valence-electron chi connectivity index (χ4n) is 2.52. The predicted molar refractivity (Wildman–Crippen MR) is 103 cm³/mol. The molecule has 10 heteroatoms. The largest absolute Gasteiger partial charge is 0.395 e. The van der Waals surface area contributed by atoms with Gasteiger partial charge in [0.25, 0.3) is 5.69 Å². The van der Waals surface area contributed by atoms with Crippen molar-refractivity contribution in [3.05, 3.63) is 57.6 Å².